The molecule has 0 radical (unpaired) electrons. The minimum absolute atomic E-state index is 0. The van der Waals surface area contributed by atoms with Gasteiger partial charge in [-0.15, -0.1) is 12.4 Å². The normalized spacial score (nSPS) is 17.4. The average Bonchev–Trinajstić information content (AvgIpc) is 2.97. The van der Waals surface area contributed by atoms with E-state index in [1.807, 2.05) is 4.90 Å². The Morgan fingerprint density at radius 2 is 1.67 bits per heavy atom. The molecule has 27 heavy (non-hydrogen) atoms. The third-order valence-electron chi connectivity index (χ3n) is 4.78. The first-order valence-corrected chi connectivity index (χ1v) is 9.87. The number of piperazine rings is 1. The standard InChI is InChI=1S/C19H17FN2O3S.ClH/c20-16-5-1-2-6-17(16)21-9-11-22(12-10-21)19(23)15-4-3-7-18-14(15)8-13-26(18,24)25;/h1-8,13H,9-12H2;1H. The maximum atomic E-state index is 13.9. The van der Waals surface area contributed by atoms with Crippen LogP contribution in [0.5, 0.6) is 0 Å². The number of anilines is 1. The minimum Gasteiger partial charge on any atom is -0.366 e. The molecule has 0 unspecified atom stereocenters. The summed E-state index contributed by atoms with van der Waals surface area (Å²) in [5.41, 5.74) is 1.38. The number of carbonyl (C=O) groups excluding carboxylic acids is 1. The Bertz CT molecular complexity index is 1020. The number of fused-ring (bicyclic) bond motifs is 1. The van der Waals surface area contributed by atoms with E-state index in [9.17, 15) is 17.6 Å². The van der Waals surface area contributed by atoms with Crippen LogP contribution in [0.4, 0.5) is 10.1 Å². The van der Waals surface area contributed by atoms with Gasteiger partial charge in [0.2, 0.25) is 0 Å². The number of halogens is 2. The Balaban J connectivity index is 0.00000210. The van der Waals surface area contributed by atoms with E-state index < -0.39 is 9.84 Å². The molecule has 1 fully saturated rings. The summed E-state index contributed by atoms with van der Waals surface area (Å²) in [7, 11) is -3.44. The molecule has 2 aliphatic heterocycles. The fraction of sp³-hybridized carbons (Fsp3) is 0.211. The van der Waals surface area contributed by atoms with Crippen molar-refractivity contribution >= 4 is 39.9 Å². The van der Waals surface area contributed by atoms with E-state index in [0.29, 0.717) is 43.0 Å². The van der Waals surface area contributed by atoms with Crippen LogP contribution in [0, 0.1) is 5.82 Å². The number of sulfone groups is 1. The number of nitrogens with zero attached hydrogens (tertiary/aromatic N) is 2. The first-order valence-electron chi connectivity index (χ1n) is 8.32. The molecule has 5 nitrogen and oxygen atoms in total. The second-order valence-electron chi connectivity index (χ2n) is 6.30. The van der Waals surface area contributed by atoms with Crippen LogP contribution in [0.25, 0.3) is 6.08 Å². The topological polar surface area (TPSA) is 57.7 Å². The third kappa shape index (κ3) is 3.44. The van der Waals surface area contributed by atoms with Crippen LogP contribution in [0.3, 0.4) is 0 Å². The third-order valence-corrected chi connectivity index (χ3v) is 6.24. The number of hydrogen-bond donors (Lipinski definition) is 0. The summed E-state index contributed by atoms with van der Waals surface area (Å²) in [6.07, 6.45) is 1.48. The maximum Gasteiger partial charge on any atom is 0.254 e. The van der Waals surface area contributed by atoms with Crippen molar-refractivity contribution in [2.24, 2.45) is 0 Å². The first-order chi connectivity index (χ1) is 12.5. The van der Waals surface area contributed by atoms with Crippen molar-refractivity contribution in [3.05, 3.63) is 64.8 Å². The maximum absolute atomic E-state index is 13.9. The smallest absolute Gasteiger partial charge is 0.254 e. The van der Waals surface area contributed by atoms with Gasteiger partial charge in [0.1, 0.15) is 5.82 Å². The van der Waals surface area contributed by atoms with Crippen LogP contribution in [-0.4, -0.2) is 45.4 Å². The predicted octanol–water partition coefficient (Wildman–Crippen LogP) is 2.97. The SMILES string of the molecule is Cl.O=C(c1cccc2c1C=CS2(=O)=O)N1CCN(c2ccccc2F)CC1. The van der Waals surface area contributed by atoms with Crippen LogP contribution >= 0.6 is 12.4 Å². The molecule has 0 spiro atoms. The van der Waals surface area contributed by atoms with E-state index in [2.05, 4.69) is 0 Å². The quantitative estimate of drug-likeness (QED) is 0.766. The molecule has 4 rings (SSSR count). The molecule has 0 bridgehead atoms. The lowest BCUT2D eigenvalue weighted by atomic mass is 10.1. The Morgan fingerprint density at radius 3 is 2.37 bits per heavy atom. The summed E-state index contributed by atoms with van der Waals surface area (Å²) in [6, 6.07) is 11.3. The molecule has 0 aliphatic carbocycles. The van der Waals surface area contributed by atoms with Crippen LogP contribution in [0.1, 0.15) is 15.9 Å². The number of para-hydroxylation sites is 1. The van der Waals surface area contributed by atoms with Gasteiger partial charge in [-0.05, 0) is 30.3 Å². The van der Waals surface area contributed by atoms with Crippen molar-refractivity contribution < 1.29 is 17.6 Å². The molecule has 8 heteroatoms. The number of hydrogen-bond acceptors (Lipinski definition) is 4. The second kappa shape index (κ2) is 7.32. The van der Waals surface area contributed by atoms with Gasteiger partial charge in [-0.25, -0.2) is 12.8 Å². The van der Waals surface area contributed by atoms with Crippen molar-refractivity contribution in [1.82, 2.24) is 4.90 Å². The van der Waals surface area contributed by atoms with Crippen molar-refractivity contribution in [1.29, 1.82) is 0 Å². The summed E-state index contributed by atoms with van der Waals surface area (Å²) in [5.74, 6) is -0.472. The summed E-state index contributed by atoms with van der Waals surface area (Å²) < 4.78 is 37.9. The molecule has 1 saturated heterocycles. The molecule has 2 heterocycles. The zero-order valence-corrected chi connectivity index (χ0v) is 16.0. The fourth-order valence-electron chi connectivity index (χ4n) is 3.41. The van der Waals surface area contributed by atoms with Crippen molar-refractivity contribution in [2.45, 2.75) is 4.90 Å². The van der Waals surface area contributed by atoms with Gasteiger partial charge in [-0.3, -0.25) is 4.79 Å². The van der Waals surface area contributed by atoms with Crippen LogP contribution < -0.4 is 4.90 Å². The zero-order chi connectivity index (χ0) is 18.3. The Hall–Kier alpha value is -2.38. The highest BCUT2D eigenvalue weighted by molar-refractivity contribution is 7.94. The van der Waals surface area contributed by atoms with Gasteiger partial charge in [0.15, 0.2) is 9.84 Å². The van der Waals surface area contributed by atoms with Gasteiger partial charge >= 0.3 is 0 Å². The molecular weight excluding hydrogens is 391 g/mol. The monoisotopic (exact) mass is 408 g/mol. The highest BCUT2D eigenvalue weighted by atomic mass is 35.5. The Kier molecular flexibility index (Phi) is 5.26. The van der Waals surface area contributed by atoms with Crippen molar-refractivity contribution in [3.8, 4) is 0 Å². The van der Waals surface area contributed by atoms with Gasteiger partial charge in [0.25, 0.3) is 5.91 Å². The van der Waals surface area contributed by atoms with Gasteiger partial charge in [-0.1, -0.05) is 18.2 Å². The average molecular weight is 409 g/mol. The van der Waals surface area contributed by atoms with Crippen molar-refractivity contribution in [2.75, 3.05) is 31.1 Å². The van der Waals surface area contributed by atoms with Gasteiger partial charge in [0, 0.05) is 42.7 Å². The highest BCUT2D eigenvalue weighted by Gasteiger charge is 2.29. The van der Waals surface area contributed by atoms with E-state index in [4.69, 9.17) is 0 Å². The lowest BCUT2D eigenvalue weighted by Crippen LogP contribution is -2.49. The molecule has 2 aromatic carbocycles. The van der Waals surface area contributed by atoms with Crippen LogP contribution in [0.15, 0.2) is 52.8 Å². The number of rotatable bonds is 2. The van der Waals surface area contributed by atoms with E-state index in [1.165, 1.54) is 18.2 Å². The fourth-order valence-corrected chi connectivity index (χ4v) is 4.63. The number of amides is 1. The summed E-state index contributed by atoms with van der Waals surface area (Å²) in [4.78, 5) is 16.7. The summed E-state index contributed by atoms with van der Waals surface area (Å²) in [6.45, 7) is 1.95. The molecular formula is C19H18ClFN2O3S. The molecule has 0 atom stereocenters. The summed E-state index contributed by atoms with van der Waals surface area (Å²) in [5, 5.41) is 1.13. The van der Waals surface area contributed by atoms with Gasteiger partial charge in [0.05, 0.1) is 10.6 Å². The largest absolute Gasteiger partial charge is 0.366 e. The molecule has 142 valence electrons. The van der Waals surface area contributed by atoms with Gasteiger partial charge < -0.3 is 9.80 Å². The van der Waals surface area contributed by atoms with Crippen molar-refractivity contribution in [3.63, 3.8) is 0 Å². The number of benzene rings is 2. The zero-order valence-electron chi connectivity index (χ0n) is 14.3. The lowest BCUT2D eigenvalue weighted by molar-refractivity contribution is 0.0746. The predicted molar refractivity (Wildman–Crippen MR) is 104 cm³/mol. The molecule has 0 N–H and O–H groups in total. The minimum atomic E-state index is -3.44. The van der Waals surface area contributed by atoms with Crippen LogP contribution in [0.2, 0.25) is 0 Å². The molecule has 2 aliphatic rings. The second-order valence-corrected chi connectivity index (χ2v) is 8.10. The van der Waals surface area contributed by atoms with Crippen LogP contribution in [-0.2, 0) is 9.84 Å². The Morgan fingerprint density at radius 1 is 0.963 bits per heavy atom. The molecule has 1 amide bonds. The van der Waals surface area contributed by atoms with E-state index in [-0.39, 0.29) is 29.0 Å². The van der Waals surface area contributed by atoms with E-state index >= 15 is 0 Å². The first kappa shape index (κ1) is 19.4. The Labute approximate surface area is 163 Å². The number of carbonyl (C=O) groups is 1. The van der Waals surface area contributed by atoms with E-state index in [1.54, 1.807) is 35.2 Å². The molecule has 0 saturated carbocycles. The highest BCUT2D eigenvalue weighted by Crippen LogP contribution is 2.30. The lowest BCUT2D eigenvalue weighted by Gasteiger charge is -2.36. The summed E-state index contributed by atoms with van der Waals surface area (Å²) >= 11 is 0. The molecule has 0 aromatic heterocycles. The van der Waals surface area contributed by atoms with Gasteiger partial charge in [-0.2, -0.15) is 0 Å². The van der Waals surface area contributed by atoms with E-state index in [0.717, 1.165) is 5.41 Å². The molecule has 2 aromatic rings.